The zero-order valence-corrected chi connectivity index (χ0v) is 13.6. The molecule has 1 saturated heterocycles. The Balaban J connectivity index is 1.79. The lowest BCUT2D eigenvalue weighted by atomic mass is 10.1. The van der Waals surface area contributed by atoms with Crippen LogP contribution in [0.2, 0.25) is 0 Å². The van der Waals surface area contributed by atoms with E-state index in [0.717, 1.165) is 41.7 Å². The van der Waals surface area contributed by atoms with Crippen molar-refractivity contribution in [1.29, 1.82) is 0 Å². The topological polar surface area (TPSA) is 88.8 Å². The standard InChI is InChI=1S/C18H20N6/c1-11-9-14(12-5-3-2-4-6-12)22-17-15(11)16(19)23-18(24-17)21-13-7-8-20-10-13/h2-6,9,13,20H,7-8,10H2,1H3,(H3,19,21,22,23,24)/t13-/m1/s1. The van der Waals surface area contributed by atoms with Gasteiger partial charge in [0.2, 0.25) is 5.95 Å². The van der Waals surface area contributed by atoms with Crippen molar-refractivity contribution in [3.63, 3.8) is 0 Å². The minimum atomic E-state index is 0.334. The smallest absolute Gasteiger partial charge is 0.226 e. The lowest BCUT2D eigenvalue weighted by molar-refractivity contribution is 0.782. The number of nitrogens with zero attached hydrogens (tertiary/aromatic N) is 3. The van der Waals surface area contributed by atoms with Crippen molar-refractivity contribution in [3.05, 3.63) is 42.0 Å². The summed E-state index contributed by atoms with van der Waals surface area (Å²) >= 11 is 0. The maximum atomic E-state index is 6.17. The highest BCUT2D eigenvalue weighted by Gasteiger charge is 2.17. The predicted molar refractivity (Wildman–Crippen MR) is 96.8 cm³/mol. The van der Waals surface area contributed by atoms with Crippen molar-refractivity contribution in [2.75, 3.05) is 24.1 Å². The van der Waals surface area contributed by atoms with Crippen LogP contribution in [-0.4, -0.2) is 34.1 Å². The molecule has 0 spiro atoms. The van der Waals surface area contributed by atoms with Crippen LogP contribution in [0.5, 0.6) is 0 Å². The molecule has 122 valence electrons. The molecule has 0 unspecified atom stereocenters. The summed E-state index contributed by atoms with van der Waals surface area (Å²) in [5.41, 5.74) is 9.80. The zero-order valence-electron chi connectivity index (χ0n) is 13.6. The first-order chi connectivity index (χ1) is 11.7. The Kier molecular flexibility index (Phi) is 3.74. The Hall–Kier alpha value is -2.73. The summed E-state index contributed by atoms with van der Waals surface area (Å²) in [5, 5.41) is 7.49. The van der Waals surface area contributed by atoms with Gasteiger partial charge in [-0.15, -0.1) is 0 Å². The molecule has 1 aliphatic heterocycles. The second-order valence-electron chi connectivity index (χ2n) is 6.16. The molecule has 3 heterocycles. The van der Waals surface area contributed by atoms with Crippen LogP contribution in [0.3, 0.4) is 0 Å². The molecule has 3 aromatic rings. The molecule has 6 heteroatoms. The van der Waals surface area contributed by atoms with Crippen molar-refractivity contribution >= 4 is 22.8 Å². The van der Waals surface area contributed by atoms with Gasteiger partial charge in [0, 0.05) is 18.2 Å². The van der Waals surface area contributed by atoms with E-state index in [1.165, 1.54) is 0 Å². The fraction of sp³-hybridized carbons (Fsp3) is 0.278. The minimum Gasteiger partial charge on any atom is -0.383 e. The van der Waals surface area contributed by atoms with E-state index in [9.17, 15) is 0 Å². The Morgan fingerprint density at radius 3 is 2.75 bits per heavy atom. The molecule has 1 aromatic carbocycles. The van der Waals surface area contributed by atoms with Gasteiger partial charge in [-0.2, -0.15) is 9.97 Å². The Labute approximate surface area is 140 Å². The molecule has 24 heavy (non-hydrogen) atoms. The van der Waals surface area contributed by atoms with Crippen molar-refractivity contribution < 1.29 is 0 Å². The lowest BCUT2D eigenvalue weighted by Crippen LogP contribution is -2.23. The highest BCUT2D eigenvalue weighted by atomic mass is 15.2. The van der Waals surface area contributed by atoms with Gasteiger partial charge in [0.25, 0.3) is 0 Å². The van der Waals surface area contributed by atoms with Gasteiger partial charge in [0.1, 0.15) is 5.82 Å². The van der Waals surface area contributed by atoms with E-state index in [4.69, 9.17) is 10.7 Å². The lowest BCUT2D eigenvalue weighted by Gasteiger charge is -2.13. The SMILES string of the molecule is Cc1cc(-c2ccccc2)nc2nc(N[C@@H]3CCNC3)nc(N)c12. The van der Waals surface area contributed by atoms with Crippen LogP contribution < -0.4 is 16.4 Å². The van der Waals surface area contributed by atoms with Crippen molar-refractivity contribution in [3.8, 4) is 11.3 Å². The number of hydrogen-bond donors (Lipinski definition) is 3. The first kappa shape index (κ1) is 14.8. The number of rotatable bonds is 3. The van der Waals surface area contributed by atoms with Gasteiger partial charge in [-0.25, -0.2) is 4.98 Å². The number of aryl methyl sites for hydroxylation is 1. The molecular weight excluding hydrogens is 300 g/mol. The third-order valence-corrected chi connectivity index (χ3v) is 4.35. The molecule has 0 bridgehead atoms. The van der Waals surface area contributed by atoms with Crippen molar-refractivity contribution in [1.82, 2.24) is 20.3 Å². The van der Waals surface area contributed by atoms with Gasteiger partial charge in [0.05, 0.1) is 11.1 Å². The normalized spacial score (nSPS) is 17.3. The Morgan fingerprint density at radius 1 is 1.17 bits per heavy atom. The molecule has 1 aliphatic rings. The van der Waals surface area contributed by atoms with E-state index >= 15 is 0 Å². The van der Waals surface area contributed by atoms with Crippen molar-refractivity contribution in [2.45, 2.75) is 19.4 Å². The monoisotopic (exact) mass is 320 g/mol. The van der Waals surface area contributed by atoms with Gasteiger partial charge >= 0.3 is 0 Å². The summed E-state index contributed by atoms with van der Waals surface area (Å²) in [5.74, 6) is 1.02. The van der Waals surface area contributed by atoms with E-state index in [1.807, 2.05) is 43.3 Å². The van der Waals surface area contributed by atoms with Gasteiger partial charge < -0.3 is 16.4 Å². The number of pyridine rings is 1. The summed E-state index contributed by atoms with van der Waals surface area (Å²) < 4.78 is 0. The average molecular weight is 320 g/mol. The second-order valence-corrected chi connectivity index (χ2v) is 6.16. The summed E-state index contributed by atoms with van der Waals surface area (Å²) in [6, 6.07) is 12.5. The number of nitrogen functional groups attached to an aromatic ring is 1. The predicted octanol–water partition coefficient (Wildman–Crippen LogP) is 2.36. The van der Waals surface area contributed by atoms with Crippen LogP contribution >= 0.6 is 0 Å². The van der Waals surface area contributed by atoms with Crippen LogP contribution in [0, 0.1) is 6.92 Å². The highest BCUT2D eigenvalue weighted by molar-refractivity contribution is 5.91. The molecule has 0 saturated carbocycles. The van der Waals surface area contributed by atoms with Crippen LogP contribution in [0.1, 0.15) is 12.0 Å². The van der Waals surface area contributed by atoms with Crippen molar-refractivity contribution in [2.24, 2.45) is 0 Å². The van der Waals surface area contributed by atoms with Gasteiger partial charge in [-0.05, 0) is 31.5 Å². The molecule has 0 aliphatic carbocycles. The number of benzene rings is 1. The summed E-state index contributed by atoms with van der Waals surface area (Å²) in [6.07, 6.45) is 1.05. The summed E-state index contributed by atoms with van der Waals surface area (Å²) in [4.78, 5) is 13.7. The largest absolute Gasteiger partial charge is 0.383 e. The van der Waals surface area contributed by atoms with Gasteiger partial charge in [-0.1, -0.05) is 30.3 Å². The van der Waals surface area contributed by atoms with Gasteiger partial charge in [0.15, 0.2) is 5.65 Å². The van der Waals surface area contributed by atoms with E-state index < -0.39 is 0 Å². The quantitative estimate of drug-likeness (QED) is 0.686. The molecule has 1 fully saturated rings. The third-order valence-electron chi connectivity index (χ3n) is 4.35. The Bertz CT molecular complexity index is 872. The molecule has 6 nitrogen and oxygen atoms in total. The Morgan fingerprint density at radius 2 is 2.00 bits per heavy atom. The number of hydrogen-bond acceptors (Lipinski definition) is 6. The minimum absolute atomic E-state index is 0.334. The highest BCUT2D eigenvalue weighted by Crippen LogP contribution is 2.27. The first-order valence-electron chi connectivity index (χ1n) is 8.18. The molecule has 0 amide bonds. The molecule has 1 atom stereocenters. The summed E-state index contributed by atoms with van der Waals surface area (Å²) in [7, 11) is 0. The molecule has 4 rings (SSSR count). The molecule has 4 N–H and O–H groups in total. The van der Waals surface area contributed by atoms with E-state index in [0.29, 0.717) is 23.5 Å². The van der Waals surface area contributed by atoms with Crippen LogP contribution in [0.15, 0.2) is 36.4 Å². The zero-order chi connectivity index (χ0) is 16.5. The number of nitrogens with two attached hydrogens (primary N) is 1. The molecule has 0 radical (unpaired) electrons. The number of nitrogens with one attached hydrogen (secondary N) is 2. The fourth-order valence-corrected chi connectivity index (χ4v) is 3.13. The first-order valence-corrected chi connectivity index (χ1v) is 8.18. The number of fused-ring (bicyclic) bond motifs is 1. The molecular formula is C18H20N6. The fourth-order valence-electron chi connectivity index (χ4n) is 3.13. The van der Waals surface area contributed by atoms with Gasteiger partial charge in [-0.3, -0.25) is 0 Å². The third kappa shape index (κ3) is 2.76. The average Bonchev–Trinajstić information content (AvgIpc) is 3.08. The van der Waals surface area contributed by atoms with Crippen LogP contribution in [0.4, 0.5) is 11.8 Å². The van der Waals surface area contributed by atoms with E-state index in [2.05, 4.69) is 20.6 Å². The van der Waals surface area contributed by atoms with E-state index in [1.54, 1.807) is 0 Å². The molecule has 2 aromatic heterocycles. The number of anilines is 2. The maximum Gasteiger partial charge on any atom is 0.226 e. The van der Waals surface area contributed by atoms with E-state index in [-0.39, 0.29) is 0 Å². The van der Waals surface area contributed by atoms with Crippen LogP contribution in [0.25, 0.3) is 22.3 Å². The van der Waals surface area contributed by atoms with Crippen LogP contribution in [-0.2, 0) is 0 Å². The second kappa shape index (κ2) is 6.05. The number of aromatic nitrogens is 3. The maximum absolute atomic E-state index is 6.17. The summed E-state index contributed by atoms with van der Waals surface area (Å²) in [6.45, 7) is 3.94.